The molecule has 10 nitrogen and oxygen atoms in total. The fourth-order valence-corrected chi connectivity index (χ4v) is 4.60. The number of esters is 2. The second-order valence-electron chi connectivity index (χ2n) is 10.00. The Labute approximate surface area is 217 Å². The van der Waals surface area contributed by atoms with Crippen LogP contribution in [0.2, 0.25) is 0 Å². The first-order valence-electron chi connectivity index (χ1n) is 13.4. The number of hydrogen-bond donors (Lipinski definition) is 1. The van der Waals surface area contributed by atoms with Crippen LogP contribution in [-0.2, 0) is 30.3 Å². The Morgan fingerprint density at radius 1 is 1.11 bits per heavy atom. The zero-order valence-corrected chi connectivity index (χ0v) is 22.2. The quantitative estimate of drug-likeness (QED) is 0.204. The number of halogens is 1. The number of unbranched alkanes of at least 4 members (excludes halogenated alkanes) is 6. The fourth-order valence-electron chi connectivity index (χ4n) is 4.60. The van der Waals surface area contributed by atoms with E-state index in [0.717, 1.165) is 51.4 Å². The average molecular weight is 522 g/mol. The van der Waals surface area contributed by atoms with Gasteiger partial charge in [0.25, 0.3) is 0 Å². The highest BCUT2D eigenvalue weighted by molar-refractivity contribution is 5.81. The fraction of sp³-hybridized carbons (Fsp3) is 0.731. The van der Waals surface area contributed by atoms with Crippen LogP contribution in [0.5, 0.6) is 0 Å². The third-order valence-corrected chi connectivity index (χ3v) is 6.72. The van der Waals surface area contributed by atoms with Gasteiger partial charge in [-0.2, -0.15) is 14.4 Å². The van der Waals surface area contributed by atoms with Gasteiger partial charge in [-0.25, -0.2) is 4.98 Å². The van der Waals surface area contributed by atoms with Gasteiger partial charge in [0.2, 0.25) is 0 Å². The van der Waals surface area contributed by atoms with Gasteiger partial charge in [-0.15, -0.1) is 0 Å². The van der Waals surface area contributed by atoms with Crippen LogP contribution in [0.25, 0.3) is 11.2 Å². The number of nitrogen functional groups attached to an aromatic ring is 1. The molecular formula is C26H40FN5O5. The minimum absolute atomic E-state index is 0.0294. The van der Waals surface area contributed by atoms with Gasteiger partial charge < -0.3 is 24.5 Å². The summed E-state index contributed by atoms with van der Waals surface area (Å²) >= 11 is 0. The van der Waals surface area contributed by atoms with Crippen LogP contribution in [0, 0.1) is 6.08 Å². The zero-order valence-electron chi connectivity index (χ0n) is 22.2. The number of fused-ring (bicyclic) bond motifs is 1. The summed E-state index contributed by atoms with van der Waals surface area (Å²) in [6.45, 7) is 6.26. The van der Waals surface area contributed by atoms with E-state index in [2.05, 4.69) is 28.8 Å². The molecule has 3 rings (SSSR count). The van der Waals surface area contributed by atoms with Crippen molar-refractivity contribution < 1.29 is 28.2 Å². The Bertz CT molecular complexity index is 1050. The predicted octanol–water partition coefficient (Wildman–Crippen LogP) is 4.49. The van der Waals surface area contributed by atoms with Gasteiger partial charge in [-0.1, -0.05) is 52.4 Å². The Morgan fingerprint density at radius 2 is 1.78 bits per heavy atom. The summed E-state index contributed by atoms with van der Waals surface area (Å²) in [5, 5.41) is 0. The van der Waals surface area contributed by atoms with Crippen LogP contribution < -0.4 is 5.73 Å². The van der Waals surface area contributed by atoms with Gasteiger partial charge in [0.05, 0.1) is 19.0 Å². The Morgan fingerprint density at radius 3 is 2.46 bits per heavy atom. The molecule has 0 amide bonds. The topological polar surface area (TPSA) is 131 Å². The van der Waals surface area contributed by atoms with E-state index in [1.54, 1.807) is 11.5 Å². The van der Waals surface area contributed by atoms with Gasteiger partial charge >= 0.3 is 18.0 Å². The van der Waals surface area contributed by atoms with Crippen molar-refractivity contribution in [1.29, 1.82) is 0 Å². The third-order valence-electron chi connectivity index (χ3n) is 6.72. The van der Waals surface area contributed by atoms with E-state index < -0.39 is 23.9 Å². The predicted molar refractivity (Wildman–Crippen MR) is 136 cm³/mol. The molecule has 0 spiro atoms. The zero-order chi connectivity index (χ0) is 26.8. The standard InChI is InChI=1S/C26H40FN5O5/c1-4-6-8-10-12-20(33)35-16-26(3)19(36-21(34)13-11-9-7-5-2)14-18(37-26)15-32-17-29-22-23(28)30-25(27)31-24(22)32/h17-19H,4-16H2,1-3H3,(H2,28,30,31)/t18-,19+,26-/m1/s1. The van der Waals surface area contributed by atoms with E-state index in [0.29, 0.717) is 24.8 Å². The summed E-state index contributed by atoms with van der Waals surface area (Å²) in [7, 11) is 0. The van der Waals surface area contributed by atoms with Gasteiger partial charge in [0.1, 0.15) is 23.8 Å². The van der Waals surface area contributed by atoms with E-state index in [1.165, 1.54) is 6.33 Å². The van der Waals surface area contributed by atoms with Crippen molar-refractivity contribution in [2.45, 2.75) is 116 Å². The first-order valence-corrected chi connectivity index (χ1v) is 13.4. The number of nitrogens with two attached hydrogens (primary N) is 1. The number of aromatic nitrogens is 4. The second kappa shape index (κ2) is 13.6. The summed E-state index contributed by atoms with van der Waals surface area (Å²) in [4.78, 5) is 36.4. The molecule has 0 saturated carbocycles. The minimum Gasteiger partial charge on any atom is -0.462 e. The summed E-state index contributed by atoms with van der Waals surface area (Å²) < 4.78 is 33.1. The number of carbonyl (C=O) groups is 2. The Kier molecular flexibility index (Phi) is 10.6. The number of nitrogens with zero attached hydrogens (tertiary/aromatic N) is 4. The van der Waals surface area contributed by atoms with Crippen LogP contribution in [0.15, 0.2) is 6.33 Å². The lowest BCUT2D eigenvalue weighted by Crippen LogP contribution is -2.44. The normalized spacial score (nSPS) is 21.4. The molecular weight excluding hydrogens is 481 g/mol. The molecule has 0 bridgehead atoms. The third kappa shape index (κ3) is 8.08. The molecule has 2 N–H and O–H groups in total. The maximum absolute atomic E-state index is 13.8. The molecule has 2 aromatic heterocycles. The summed E-state index contributed by atoms with van der Waals surface area (Å²) in [5.74, 6) is -0.630. The lowest BCUT2D eigenvalue weighted by molar-refractivity contribution is -0.171. The Hall–Kier alpha value is -2.82. The van der Waals surface area contributed by atoms with Crippen LogP contribution in [-0.4, -0.2) is 55.9 Å². The van der Waals surface area contributed by atoms with Crippen molar-refractivity contribution in [2.75, 3.05) is 12.3 Å². The smallest absolute Gasteiger partial charge is 0.312 e. The van der Waals surface area contributed by atoms with Crippen molar-refractivity contribution >= 4 is 28.9 Å². The molecule has 1 saturated heterocycles. The van der Waals surface area contributed by atoms with E-state index >= 15 is 0 Å². The maximum Gasteiger partial charge on any atom is 0.312 e. The van der Waals surface area contributed by atoms with Crippen molar-refractivity contribution in [3.05, 3.63) is 12.4 Å². The molecule has 0 unspecified atom stereocenters. The highest BCUT2D eigenvalue weighted by atomic mass is 19.1. The van der Waals surface area contributed by atoms with Crippen LogP contribution >= 0.6 is 0 Å². The molecule has 1 aliphatic heterocycles. The molecule has 3 atom stereocenters. The molecule has 0 aromatic carbocycles. The maximum atomic E-state index is 13.8. The number of imidazole rings is 1. The lowest BCUT2D eigenvalue weighted by atomic mass is 9.99. The minimum atomic E-state index is -1.02. The van der Waals surface area contributed by atoms with Crippen molar-refractivity contribution in [3.63, 3.8) is 0 Å². The average Bonchev–Trinajstić information content (AvgIpc) is 3.39. The van der Waals surface area contributed by atoms with Crippen molar-refractivity contribution in [1.82, 2.24) is 19.5 Å². The number of carbonyl (C=O) groups excluding carboxylic acids is 2. The molecule has 0 aliphatic carbocycles. The number of anilines is 1. The van der Waals surface area contributed by atoms with E-state index in [-0.39, 0.29) is 36.6 Å². The van der Waals surface area contributed by atoms with Gasteiger partial charge in [0.15, 0.2) is 11.5 Å². The van der Waals surface area contributed by atoms with Crippen LogP contribution in [0.1, 0.15) is 91.4 Å². The molecule has 1 aliphatic rings. The molecule has 37 heavy (non-hydrogen) atoms. The van der Waals surface area contributed by atoms with E-state index in [4.69, 9.17) is 19.9 Å². The second-order valence-corrected chi connectivity index (χ2v) is 10.00. The molecule has 1 fully saturated rings. The number of ether oxygens (including phenoxy) is 3. The van der Waals surface area contributed by atoms with Gasteiger partial charge in [-0.05, 0) is 19.8 Å². The van der Waals surface area contributed by atoms with E-state index in [9.17, 15) is 14.0 Å². The molecule has 11 heteroatoms. The number of hydrogen-bond acceptors (Lipinski definition) is 9. The highest BCUT2D eigenvalue weighted by Gasteiger charge is 2.48. The lowest BCUT2D eigenvalue weighted by Gasteiger charge is -2.30. The molecule has 0 radical (unpaired) electrons. The monoisotopic (exact) mass is 521 g/mol. The van der Waals surface area contributed by atoms with Gasteiger partial charge in [0, 0.05) is 19.3 Å². The Balaban J connectivity index is 1.67. The van der Waals surface area contributed by atoms with E-state index in [1.807, 2.05) is 0 Å². The van der Waals surface area contributed by atoms with Crippen LogP contribution in [0.4, 0.5) is 10.2 Å². The van der Waals surface area contributed by atoms with Crippen LogP contribution in [0.3, 0.4) is 0 Å². The largest absolute Gasteiger partial charge is 0.462 e. The summed E-state index contributed by atoms with van der Waals surface area (Å²) in [6.07, 6.45) is 8.41. The molecule has 206 valence electrons. The first kappa shape index (κ1) is 28.7. The summed E-state index contributed by atoms with van der Waals surface area (Å²) in [5.41, 5.74) is 5.31. The molecule has 2 aromatic rings. The van der Waals surface area contributed by atoms with Gasteiger partial charge in [-0.3, -0.25) is 9.59 Å². The van der Waals surface area contributed by atoms with Crippen molar-refractivity contribution in [3.8, 4) is 0 Å². The molecule has 3 heterocycles. The number of rotatable bonds is 15. The first-order chi connectivity index (χ1) is 17.8. The summed E-state index contributed by atoms with van der Waals surface area (Å²) in [6, 6.07) is 0. The highest BCUT2D eigenvalue weighted by Crippen LogP contribution is 2.35. The van der Waals surface area contributed by atoms with Crippen molar-refractivity contribution in [2.24, 2.45) is 0 Å². The SMILES string of the molecule is CCCCCCC(=O)OC[C@@]1(C)O[C@@H](Cn2cnc3c(N)nc(F)nc32)C[C@@H]1OC(=O)CCCCCC.